The first kappa shape index (κ1) is 16.2. The summed E-state index contributed by atoms with van der Waals surface area (Å²) < 4.78 is 1.84. The quantitative estimate of drug-likeness (QED) is 0.861. The molecule has 1 amide bonds. The number of carboxylic acid groups (broad SMARTS) is 1. The second-order valence-electron chi connectivity index (χ2n) is 5.91. The summed E-state index contributed by atoms with van der Waals surface area (Å²) in [6, 6.07) is -0.414. The van der Waals surface area contributed by atoms with Crippen LogP contribution in [-0.4, -0.2) is 32.8 Å². The lowest BCUT2D eigenvalue weighted by Gasteiger charge is -2.22. The van der Waals surface area contributed by atoms with Gasteiger partial charge in [-0.05, 0) is 34.1 Å². The lowest BCUT2D eigenvalue weighted by atomic mass is 10.1. The number of nitrogens with zero attached hydrogens (tertiary/aromatic N) is 2. The van der Waals surface area contributed by atoms with Crippen LogP contribution in [0.2, 0.25) is 0 Å². The highest BCUT2D eigenvalue weighted by Gasteiger charge is 2.23. The van der Waals surface area contributed by atoms with Crippen molar-refractivity contribution < 1.29 is 14.7 Å². The van der Waals surface area contributed by atoms with Crippen LogP contribution in [0.1, 0.15) is 57.1 Å². The molecule has 1 unspecified atom stereocenters. The Hall–Kier alpha value is -1.85. The van der Waals surface area contributed by atoms with Crippen LogP contribution in [0.4, 0.5) is 0 Å². The van der Waals surface area contributed by atoms with Crippen molar-refractivity contribution in [2.45, 2.75) is 59.0 Å². The zero-order valence-corrected chi connectivity index (χ0v) is 12.7. The molecule has 0 aliphatic carbocycles. The molecule has 0 radical (unpaired) electrons. The van der Waals surface area contributed by atoms with Crippen LogP contribution in [-0.2, 0) is 16.8 Å². The molecule has 1 aromatic heterocycles. The third-order valence-corrected chi connectivity index (χ3v) is 2.94. The van der Waals surface area contributed by atoms with Gasteiger partial charge in [-0.15, -0.1) is 0 Å². The number of amides is 1. The second kappa shape index (κ2) is 6.07. The predicted octanol–water partition coefficient (Wildman–Crippen LogP) is 1.79. The molecule has 0 saturated heterocycles. The molecule has 0 aliphatic rings. The van der Waals surface area contributed by atoms with Gasteiger partial charge >= 0.3 is 5.97 Å². The summed E-state index contributed by atoms with van der Waals surface area (Å²) in [5.74, 6) is -1.20. The maximum atomic E-state index is 12.2. The van der Waals surface area contributed by atoms with E-state index in [-0.39, 0.29) is 17.9 Å². The molecule has 1 aromatic rings. The van der Waals surface area contributed by atoms with E-state index in [1.807, 2.05) is 32.4 Å². The topological polar surface area (TPSA) is 84.2 Å². The molecule has 1 atom stereocenters. The summed E-state index contributed by atoms with van der Waals surface area (Å²) in [5.41, 5.74) is 1.17. The van der Waals surface area contributed by atoms with Gasteiger partial charge in [0.15, 0.2) is 0 Å². The minimum Gasteiger partial charge on any atom is -0.481 e. The third-order valence-electron chi connectivity index (χ3n) is 2.94. The summed E-state index contributed by atoms with van der Waals surface area (Å²) in [4.78, 5) is 22.8. The first-order chi connectivity index (χ1) is 9.16. The molecule has 6 heteroatoms. The normalized spacial score (nSPS) is 13.1. The maximum absolute atomic E-state index is 12.2. The molecule has 6 nitrogen and oxygen atoms in total. The number of carboxylic acids is 1. The largest absolute Gasteiger partial charge is 0.481 e. The highest BCUT2D eigenvalue weighted by Crippen LogP contribution is 2.19. The first-order valence-corrected chi connectivity index (χ1v) is 6.76. The Bertz CT molecular complexity index is 500. The van der Waals surface area contributed by atoms with E-state index in [9.17, 15) is 9.59 Å². The summed E-state index contributed by atoms with van der Waals surface area (Å²) >= 11 is 0. The van der Waals surface area contributed by atoms with Crippen molar-refractivity contribution in [3.05, 3.63) is 17.5 Å². The van der Waals surface area contributed by atoms with Crippen molar-refractivity contribution in [3.8, 4) is 0 Å². The molecule has 2 N–H and O–H groups in total. The van der Waals surface area contributed by atoms with E-state index in [2.05, 4.69) is 10.4 Å². The molecular formula is C14H23N3O3. The van der Waals surface area contributed by atoms with Gasteiger partial charge in [0, 0.05) is 6.04 Å². The van der Waals surface area contributed by atoms with Gasteiger partial charge in [0.1, 0.15) is 0 Å². The van der Waals surface area contributed by atoms with Crippen LogP contribution in [0.5, 0.6) is 0 Å². The van der Waals surface area contributed by atoms with Gasteiger partial charge in [0.05, 0.1) is 29.4 Å². The van der Waals surface area contributed by atoms with Crippen LogP contribution >= 0.6 is 0 Å². The van der Waals surface area contributed by atoms with Gasteiger partial charge in [-0.2, -0.15) is 5.10 Å². The van der Waals surface area contributed by atoms with Crippen molar-refractivity contribution in [1.82, 2.24) is 15.1 Å². The third kappa shape index (κ3) is 3.82. The average Bonchev–Trinajstić information content (AvgIpc) is 2.70. The second-order valence-corrected chi connectivity index (χ2v) is 5.91. The van der Waals surface area contributed by atoms with Gasteiger partial charge < -0.3 is 10.4 Å². The number of aliphatic carboxylic acids is 1. The zero-order chi connectivity index (χ0) is 15.5. The summed E-state index contributed by atoms with van der Waals surface area (Å²) in [6.45, 7) is 9.71. The smallest absolute Gasteiger partial charge is 0.305 e. The standard InChI is InChI=1S/C14H23N3O3/c1-6-11-10(8-15-17(11)14(3,4)5)13(20)16-9(2)7-12(18)19/h8-9H,6-7H2,1-5H3,(H,16,20)(H,18,19). The number of nitrogens with one attached hydrogen (secondary N) is 1. The van der Waals surface area contributed by atoms with Gasteiger partial charge in [-0.3, -0.25) is 14.3 Å². The van der Waals surface area contributed by atoms with Gasteiger partial charge in [-0.1, -0.05) is 6.92 Å². The molecule has 0 saturated carbocycles. The Labute approximate surface area is 119 Å². The number of hydrogen-bond acceptors (Lipinski definition) is 3. The van der Waals surface area contributed by atoms with Crippen molar-refractivity contribution >= 4 is 11.9 Å². The molecule has 0 fully saturated rings. The first-order valence-electron chi connectivity index (χ1n) is 6.76. The number of aromatic nitrogens is 2. The zero-order valence-electron chi connectivity index (χ0n) is 12.7. The molecule has 0 aliphatic heterocycles. The lowest BCUT2D eigenvalue weighted by molar-refractivity contribution is -0.137. The monoisotopic (exact) mass is 281 g/mol. The summed E-state index contributed by atoms with van der Waals surface area (Å²) in [7, 11) is 0. The lowest BCUT2D eigenvalue weighted by Crippen LogP contribution is -2.35. The van der Waals surface area contributed by atoms with Crippen LogP contribution in [0, 0.1) is 0 Å². The molecule has 0 aromatic carbocycles. The Morgan fingerprint density at radius 2 is 2.05 bits per heavy atom. The fraction of sp³-hybridized carbons (Fsp3) is 0.643. The van der Waals surface area contributed by atoms with E-state index in [0.717, 1.165) is 5.69 Å². The SMILES string of the molecule is CCc1c(C(=O)NC(C)CC(=O)O)cnn1C(C)(C)C. The minimum absolute atomic E-state index is 0.0966. The molecule has 0 spiro atoms. The summed E-state index contributed by atoms with van der Waals surface area (Å²) in [5, 5.41) is 15.7. The predicted molar refractivity (Wildman–Crippen MR) is 75.8 cm³/mol. The molecule has 112 valence electrons. The van der Waals surface area contributed by atoms with E-state index in [4.69, 9.17) is 5.11 Å². The average molecular weight is 281 g/mol. The van der Waals surface area contributed by atoms with Crippen molar-refractivity contribution in [2.24, 2.45) is 0 Å². The summed E-state index contributed by atoms with van der Waals surface area (Å²) in [6.07, 6.45) is 2.14. The van der Waals surface area contributed by atoms with Crippen LogP contribution in [0.15, 0.2) is 6.20 Å². The highest BCUT2D eigenvalue weighted by molar-refractivity contribution is 5.95. The minimum atomic E-state index is -0.932. The van der Waals surface area contributed by atoms with E-state index in [0.29, 0.717) is 12.0 Å². The van der Waals surface area contributed by atoms with Gasteiger partial charge in [-0.25, -0.2) is 0 Å². The maximum Gasteiger partial charge on any atom is 0.305 e. The van der Waals surface area contributed by atoms with Gasteiger partial charge in [0.2, 0.25) is 0 Å². The molecule has 0 bridgehead atoms. The Kier molecular flexibility index (Phi) is 4.92. The van der Waals surface area contributed by atoms with E-state index in [1.54, 1.807) is 13.1 Å². The van der Waals surface area contributed by atoms with E-state index in [1.165, 1.54) is 0 Å². The van der Waals surface area contributed by atoms with Crippen LogP contribution in [0.25, 0.3) is 0 Å². The van der Waals surface area contributed by atoms with Crippen molar-refractivity contribution in [3.63, 3.8) is 0 Å². The van der Waals surface area contributed by atoms with Crippen LogP contribution < -0.4 is 5.32 Å². The van der Waals surface area contributed by atoms with Crippen LogP contribution in [0.3, 0.4) is 0 Å². The molecule has 1 rings (SSSR count). The molecule has 20 heavy (non-hydrogen) atoms. The molecular weight excluding hydrogens is 258 g/mol. The Balaban J connectivity index is 2.94. The van der Waals surface area contributed by atoms with E-state index >= 15 is 0 Å². The fourth-order valence-electron chi connectivity index (χ4n) is 2.10. The Morgan fingerprint density at radius 1 is 1.45 bits per heavy atom. The van der Waals surface area contributed by atoms with E-state index < -0.39 is 12.0 Å². The highest BCUT2D eigenvalue weighted by atomic mass is 16.4. The van der Waals surface area contributed by atoms with Crippen molar-refractivity contribution in [1.29, 1.82) is 0 Å². The number of carbonyl (C=O) groups excluding carboxylic acids is 1. The Morgan fingerprint density at radius 3 is 2.50 bits per heavy atom. The number of carbonyl (C=O) groups is 2. The number of hydrogen-bond donors (Lipinski definition) is 2. The van der Waals surface area contributed by atoms with Gasteiger partial charge in [0.25, 0.3) is 5.91 Å². The number of rotatable bonds is 5. The molecule has 1 heterocycles. The fourth-order valence-corrected chi connectivity index (χ4v) is 2.10. The van der Waals surface area contributed by atoms with Crippen molar-refractivity contribution in [2.75, 3.05) is 0 Å².